The Labute approximate surface area is 178 Å². The fourth-order valence-electron chi connectivity index (χ4n) is 4.67. The number of halogens is 2. The number of piperazine rings is 1. The van der Waals surface area contributed by atoms with E-state index >= 15 is 0 Å². The number of H-pyrrole nitrogens is 1. The van der Waals surface area contributed by atoms with Gasteiger partial charge in [0.25, 0.3) is 0 Å². The van der Waals surface area contributed by atoms with Crippen LogP contribution in [0.2, 0.25) is 10.0 Å². The summed E-state index contributed by atoms with van der Waals surface area (Å²) in [6.07, 6.45) is 0.471. The lowest BCUT2D eigenvalue weighted by molar-refractivity contribution is -0.158. The fourth-order valence-corrected chi connectivity index (χ4v) is 5.27. The Balaban J connectivity index is 1.79. The van der Waals surface area contributed by atoms with Crippen molar-refractivity contribution < 1.29 is 9.59 Å². The lowest BCUT2D eigenvalue weighted by atomic mass is 9.86. The van der Waals surface area contributed by atoms with Crippen molar-refractivity contribution in [1.82, 2.24) is 14.8 Å². The second-order valence-electron chi connectivity index (χ2n) is 7.47. The van der Waals surface area contributed by atoms with E-state index in [0.29, 0.717) is 28.6 Å². The number of aromatic nitrogens is 1. The Morgan fingerprint density at radius 1 is 1.07 bits per heavy atom. The molecule has 29 heavy (non-hydrogen) atoms. The average Bonchev–Trinajstić information content (AvgIpc) is 3.08. The van der Waals surface area contributed by atoms with Gasteiger partial charge in [-0.1, -0.05) is 47.5 Å². The van der Waals surface area contributed by atoms with E-state index in [1.165, 1.54) is 0 Å². The number of likely N-dealkylation sites (N-methyl/N-ethyl adjacent to an activating group) is 1. The van der Waals surface area contributed by atoms with Crippen LogP contribution in [0.15, 0.2) is 42.5 Å². The molecule has 148 valence electrons. The van der Waals surface area contributed by atoms with Crippen LogP contribution in [0.5, 0.6) is 0 Å². The van der Waals surface area contributed by atoms with Crippen LogP contribution in [0.4, 0.5) is 0 Å². The van der Waals surface area contributed by atoms with Crippen molar-refractivity contribution in [1.29, 1.82) is 0 Å². The zero-order valence-electron chi connectivity index (χ0n) is 15.8. The molecule has 2 atom stereocenters. The van der Waals surface area contributed by atoms with Gasteiger partial charge in [-0.15, -0.1) is 0 Å². The molecule has 5 nitrogen and oxygen atoms in total. The van der Waals surface area contributed by atoms with E-state index < -0.39 is 12.1 Å². The first-order valence-electron chi connectivity index (χ1n) is 9.64. The Morgan fingerprint density at radius 2 is 1.79 bits per heavy atom. The zero-order chi connectivity index (χ0) is 20.3. The van der Waals surface area contributed by atoms with Gasteiger partial charge in [0.05, 0.1) is 6.54 Å². The summed E-state index contributed by atoms with van der Waals surface area (Å²) >= 11 is 13.1. The van der Waals surface area contributed by atoms with Crippen molar-refractivity contribution in [3.63, 3.8) is 0 Å². The number of fused-ring (bicyclic) bond motifs is 4. The SMILES string of the molecule is CCN1CC(=O)N2[C@H](c3c(Cl)cccc3Cl)c3[nH]c4ccccc4c3C[C@@H]2C1=O. The summed E-state index contributed by atoms with van der Waals surface area (Å²) in [5.41, 5.74) is 3.54. The molecular weight excluding hydrogens is 409 g/mol. The van der Waals surface area contributed by atoms with Crippen molar-refractivity contribution in [3.05, 3.63) is 69.3 Å². The molecule has 1 fully saturated rings. The minimum absolute atomic E-state index is 0.0313. The minimum Gasteiger partial charge on any atom is -0.356 e. The summed E-state index contributed by atoms with van der Waals surface area (Å²) in [7, 11) is 0. The van der Waals surface area contributed by atoms with Gasteiger partial charge in [-0.2, -0.15) is 0 Å². The first-order chi connectivity index (χ1) is 14.0. The van der Waals surface area contributed by atoms with Crippen LogP contribution >= 0.6 is 23.2 Å². The summed E-state index contributed by atoms with van der Waals surface area (Å²) in [5.74, 6) is -0.127. The predicted octanol–water partition coefficient (Wildman–Crippen LogP) is 4.18. The third kappa shape index (κ3) is 2.68. The number of amides is 2. The number of para-hydroxylation sites is 1. The second kappa shape index (κ2) is 6.78. The quantitative estimate of drug-likeness (QED) is 0.666. The molecule has 0 saturated carbocycles. The van der Waals surface area contributed by atoms with E-state index in [1.807, 2.05) is 31.2 Å². The van der Waals surface area contributed by atoms with Gasteiger partial charge in [0.2, 0.25) is 11.8 Å². The third-order valence-electron chi connectivity index (χ3n) is 6.00. The van der Waals surface area contributed by atoms with Gasteiger partial charge in [-0.05, 0) is 30.7 Å². The Bertz CT molecular complexity index is 1140. The number of benzene rings is 2. The van der Waals surface area contributed by atoms with Crippen LogP contribution in [0.25, 0.3) is 10.9 Å². The molecule has 5 rings (SSSR count). The number of hydrogen-bond donors (Lipinski definition) is 1. The number of rotatable bonds is 2. The molecule has 1 aromatic heterocycles. The van der Waals surface area contributed by atoms with Crippen LogP contribution in [-0.2, 0) is 16.0 Å². The van der Waals surface area contributed by atoms with Gasteiger partial charge in [0.15, 0.2) is 0 Å². The highest BCUT2D eigenvalue weighted by atomic mass is 35.5. The van der Waals surface area contributed by atoms with Gasteiger partial charge < -0.3 is 14.8 Å². The van der Waals surface area contributed by atoms with Crippen molar-refractivity contribution in [3.8, 4) is 0 Å². The molecule has 0 aliphatic carbocycles. The van der Waals surface area contributed by atoms with E-state index in [0.717, 1.165) is 22.2 Å². The molecule has 0 bridgehead atoms. The fraction of sp³-hybridized carbons (Fsp3) is 0.273. The molecular formula is C22H19Cl2N3O2. The zero-order valence-corrected chi connectivity index (χ0v) is 17.3. The highest BCUT2D eigenvalue weighted by Gasteiger charge is 2.48. The highest BCUT2D eigenvalue weighted by Crippen LogP contribution is 2.46. The van der Waals surface area contributed by atoms with Gasteiger partial charge >= 0.3 is 0 Å². The predicted molar refractivity (Wildman–Crippen MR) is 113 cm³/mol. The van der Waals surface area contributed by atoms with E-state index in [2.05, 4.69) is 4.98 Å². The number of carbonyl (C=O) groups excluding carboxylic acids is 2. The molecule has 1 saturated heterocycles. The number of nitrogens with one attached hydrogen (secondary N) is 1. The van der Waals surface area contributed by atoms with Gasteiger partial charge in [-0.25, -0.2) is 0 Å². The topological polar surface area (TPSA) is 56.4 Å². The van der Waals surface area contributed by atoms with Crippen molar-refractivity contribution in [2.75, 3.05) is 13.1 Å². The molecule has 0 radical (unpaired) electrons. The molecule has 0 spiro atoms. The molecule has 7 heteroatoms. The summed E-state index contributed by atoms with van der Waals surface area (Å²) in [6.45, 7) is 2.47. The third-order valence-corrected chi connectivity index (χ3v) is 6.66. The first-order valence-corrected chi connectivity index (χ1v) is 10.4. The molecule has 1 N–H and O–H groups in total. The monoisotopic (exact) mass is 427 g/mol. The van der Waals surface area contributed by atoms with Crippen LogP contribution in [0.3, 0.4) is 0 Å². The van der Waals surface area contributed by atoms with Crippen LogP contribution < -0.4 is 0 Å². The van der Waals surface area contributed by atoms with Gasteiger partial charge in [-0.3, -0.25) is 9.59 Å². The lowest BCUT2D eigenvalue weighted by Gasteiger charge is -2.47. The van der Waals surface area contributed by atoms with E-state index in [4.69, 9.17) is 23.2 Å². The molecule has 2 aliphatic rings. The molecule has 0 unspecified atom stereocenters. The van der Waals surface area contributed by atoms with Crippen LogP contribution in [-0.4, -0.2) is 45.7 Å². The Morgan fingerprint density at radius 3 is 2.52 bits per heavy atom. The largest absolute Gasteiger partial charge is 0.356 e. The summed E-state index contributed by atoms with van der Waals surface area (Å²) in [4.78, 5) is 33.2. The van der Waals surface area contributed by atoms with Gasteiger partial charge in [0, 0.05) is 45.2 Å². The Kier molecular flexibility index (Phi) is 4.33. The molecule has 3 heterocycles. The Hall–Kier alpha value is -2.50. The number of hydrogen-bond acceptors (Lipinski definition) is 2. The number of nitrogens with zero attached hydrogens (tertiary/aromatic N) is 2. The smallest absolute Gasteiger partial charge is 0.246 e. The maximum atomic E-state index is 13.2. The highest BCUT2D eigenvalue weighted by molar-refractivity contribution is 6.36. The van der Waals surface area contributed by atoms with Crippen molar-refractivity contribution >= 4 is 45.9 Å². The summed E-state index contributed by atoms with van der Waals surface area (Å²) < 4.78 is 0. The molecule has 3 aromatic rings. The van der Waals surface area contributed by atoms with E-state index in [1.54, 1.807) is 28.0 Å². The maximum absolute atomic E-state index is 13.2. The lowest BCUT2D eigenvalue weighted by Crippen LogP contribution is -2.62. The first kappa shape index (κ1) is 18.5. The molecule has 2 aromatic carbocycles. The van der Waals surface area contributed by atoms with Crippen LogP contribution in [0, 0.1) is 0 Å². The van der Waals surface area contributed by atoms with E-state index in [9.17, 15) is 9.59 Å². The summed E-state index contributed by atoms with van der Waals surface area (Å²) in [5, 5.41) is 2.01. The number of aromatic amines is 1. The molecule has 2 amide bonds. The second-order valence-corrected chi connectivity index (χ2v) is 8.29. The van der Waals surface area contributed by atoms with Gasteiger partial charge in [0.1, 0.15) is 12.1 Å². The standard InChI is InChI=1S/C22H19Cl2N3O2/c1-2-26-11-18(28)27-17(22(26)29)10-13-12-6-3-4-9-16(12)25-20(13)21(27)19-14(23)7-5-8-15(19)24/h3-9,17,21,25H,2,10-11H2,1H3/t17-,21-/m1/s1. The van der Waals surface area contributed by atoms with Crippen LogP contribution in [0.1, 0.15) is 29.8 Å². The summed E-state index contributed by atoms with van der Waals surface area (Å²) in [6, 6.07) is 12.2. The number of carbonyl (C=O) groups is 2. The van der Waals surface area contributed by atoms with Crippen molar-refractivity contribution in [2.24, 2.45) is 0 Å². The maximum Gasteiger partial charge on any atom is 0.246 e. The molecule has 2 aliphatic heterocycles. The minimum atomic E-state index is -0.569. The normalized spacial score (nSPS) is 21.5. The average molecular weight is 428 g/mol. The van der Waals surface area contributed by atoms with Crippen molar-refractivity contribution in [2.45, 2.75) is 25.4 Å². The van der Waals surface area contributed by atoms with E-state index in [-0.39, 0.29) is 18.4 Å².